The summed E-state index contributed by atoms with van der Waals surface area (Å²) in [5, 5.41) is 5.10. The van der Waals surface area contributed by atoms with Crippen LogP contribution in [0.25, 0.3) is 0 Å². The predicted octanol–water partition coefficient (Wildman–Crippen LogP) is 1.07. The van der Waals surface area contributed by atoms with E-state index < -0.39 is 18.6 Å². The topological polar surface area (TPSA) is 50.4 Å². The molecule has 0 aliphatic heterocycles. The Morgan fingerprint density at radius 3 is 2.35 bits per heavy atom. The number of methoxy groups -OCH3 is 1. The molecule has 0 saturated carbocycles. The maximum Gasteiger partial charge on any atom is 0.390 e. The number of ether oxygens (including phenoxy) is 1. The Morgan fingerprint density at radius 2 is 1.88 bits per heavy atom. The Kier molecular flexibility index (Phi) is 7.13. The van der Waals surface area contributed by atoms with E-state index in [0.29, 0.717) is 6.61 Å². The molecule has 0 aliphatic rings. The highest BCUT2D eigenvalue weighted by atomic mass is 19.4. The normalized spacial score (nSPS) is 15.4. The first-order chi connectivity index (χ1) is 7.74. The van der Waals surface area contributed by atoms with Gasteiger partial charge in [-0.15, -0.1) is 0 Å². The van der Waals surface area contributed by atoms with Gasteiger partial charge in [-0.1, -0.05) is 0 Å². The molecule has 0 fully saturated rings. The quantitative estimate of drug-likeness (QED) is 0.716. The van der Waals surface area contributed by atoms with Crippen molar-refractivity contribution in [2.24, 2.45) is 0 Å². The standard InChI is InChI=1S/C10H19F3N2O2/c1-7(4-10(11,12)13)14-5-9(16)15-8(2)6-17-3/h7-8,14H,4-6H2,1-3H3,(H,15,16). The summed E-state index contributed by atoms with van der Waals surface area (Å²) in [4.78, 5) is 11.3. The molecule has 2 unspecified atom stereocenters. The number of hydrogen-bond donors (Lipinski definition) is 2. The van der Waals surface area contributed by atoms with Gasteiger partial charge in [0.15, 0.2) is 0 Å². The van der Waals surface area contributed by atoms with Crippen LogP contribution in [0.1, 0.15) is 20.3 Å². The van der Waals surface area contributed by atoms with Crippen LogP contribution >= 0.6 is 0 Å². The molecule has 102 valence electrons. The Hall–Kier alpha value is -0.820. The zero-order valence-corrected chi connectivity index (χ0v) is 10.2. The van der Waals surface area contributed by atoms with Crippen LogP contribution in [-0.4, -0.2) is 44.4 Å². The van der Waals surface area contributed by atoms with E-state index in [0.717, 1.165) is 0 Å². The van der Waals surface area contributed by atoms with Gasteiger partial charge in [0.1, 0.15) is 0 Å². The zero-order chi connectivity index (χ0) is 13.5. The molecule has 0 rings (SSSR count). The first kappa shape index (κ1) is 16.2. The second-order valence-corrected chi connectivity index (χ2v) is 4.03. The lowest BCUT2D eigenvalue weighted by Crippen LogP contribution is -2.43. The predicted molar refractivity (Wildman–Crippen MR) is 57.6 cm³/mol. The minimum absolute atomic E-state index is 0.134. The first-order valence-corrected chi connectivity index (χ1v) is 5.33. The van der Waals surface area contributed by atoms with Crippen LogP contribution in [0.3, 0.4) is 0 Å². The summed E-state index contributed by atoms with van der Waals surface area (Å²) in [7, 11) is 1.51. The molecule has 7 heteroatoms. The highest BCUT2D eigenvalue weighted by molar-refractivity contribution is 5.78. The molecular formula is C10H19F3N2O2. The SMILES string of the molecule is COCC(C)NC(=O)CNC(C)CC(F)(F)F. The molecule has 2 N–H and O–H groups in total. The van der Waals surface area contributed by atoms with Gasteiger partial charge in [-0.25, -0.2) is 0 Å². The number of carbonyl (C=O) groups is 1. The summed E-state index contributed by atoms with van der Waals surface area (Å²) in [6, 6.07) is -0.939. The number of carbonyl (C=O) groups excluding carboxylic acids is 1. The van der Waals surface area contributed by atoms with E-state index >= 15 is 0 Å². The third-order valence-corrected chi connectivity index (χ3v) is 1.97. The molecule has 17 heavy (non-hydrogen) atoms. The molecule has 1 amide bonds. The van der Waals surface area contributed by atoms with Crippen molar-refractivity contribution in [2.75, 3.05) is 20.3 Å². The van der Waals surface area contributed by atoms with Gasteiger partial charge in [-0.2, -0.15) is 13.2 Å². The molecule has 0 saturated heterocycles. The van der Waals surface area contributed by atoms with Crippen LogP contribution in [0.5, 0.6) is 0 Å². The molecule has 0 aliphatic carbocycles. The van der Waals surface area contributed by atoms with Crippen LogP contribution in [0.2, 0.25) is 0 Å². The smallest absolute Gasteiger partial charge is 0.383 e. The summed E-state index contributed by atoms with van der Waals surface area (Å²) in [6.07, 6.45) is -5.17. The van der Waals surface area contributed by atoms with Crippen molar-refractivity contribution >= 4 is 5.91 Å². The fourth-order valence-electron chi connectivity index (χ4n) is 1.30. The van der Waals surface area contributed by atoms with Crippen LogP contribution in [0.4, 0.5) is 13.2 Å². The van der Waals surface area contributed by atoms with Crippen molar-refractivity contribution in [1.29, 1.82) is 0 Å². The largest absolute Gasteiger partial charge is 0.390 e. The summed E-state index contributed by atoms with van der Waals surface area (Å²) in [5.41, 5.74) is 0. The van der Waals surface area contributed by atoms with E-state index in [1.54, 1.807) is 6.92 Å². The minimum atomic E-state index is -4.22. The van der Waals surface area contributed by atoms with Crippen LogP contribution in [0.15, 0.2) is 0 Å². The maximum absolute atomic E-state index is 12.0. The second kappa shape index (κ2) is 7.50. The molecule has 0 aromatic rings. The average Bonchev–Trinajstić information content (AvgIpc) is 2.12. The molecule has 4 nitrogen and oxygen atoms in total. The molecule has 2 atom stereocenters. The van der Waals surface area contributed by atoms with E-state index in [2.05, 4.69) is 10.6 Å². The Balaban J connectivity index is 3.76. The molecule has 0 bridgehead atoms. The number of rotatable bonds is 7. The highest BCUT2D eigenvalue weighted by Crippen LogP contribution is 2.20. The fraction of sp³-hybridized carbons (Fsp3) is 0.900. The van der Waals surface area contributed by atoms with E-state index in [4.69, 9.17) is 4.74 Å². The summed E-state index contributed by atoms with van der Waals surface area (Å²) in [5.74, 6) is -0.344. The van der Waals surface area contributed by atoms with Gasteiger partial charge in [0.2, 0.25) is 5.91 Å². The van der Waals surface area contributed by atoms with Crippen molar-refractivity contribution in [2.45, 2.75) is 38.5 Å². The van der Waals surface area contributed by atoms with Gasteiger partial charge < -0.3 is 15.4 Å². The maximum atomic E-state index is 12.0. The van der Waals surface area contributed by atoms with Crippen LogP contribution < -0.4 is 10.6 Å². The average molecular weight is 256 g/mol. The Bertz CT molecular complexity index is 234. The van der Waals surface area contributed by atoms with E-state index in [9.17, 15) is 18.0 Å². The van der Waals surface area contributed by atoms with Gasteiger partial charge in [0.25, 0.3) is 0 Å². The van der Waals surface area contributed by atoms with Gasteiger partial charge in [-0.05, 0) is 13.8 Å². The summed E-state index contributed by atoms with van der Waals surface area (Å²) >= 11 is 0. The molecule has 0 aromatic heterocycles. The number of nitrogens with one attached hydrogen (secondary N) is 2. The molecule has 0 aromatic carbocycles. The highest BCUT2D eigenvalue weighted by Gasteiger charge is 2.29. The lowest BCUT2D eigenvalue weighted by atomic mass is 10.2. The van der Waals surface area contributed by atoms with Crippen molar-refractivity contribution in [1.82, 2.24) is 10.6 Å². The lowest BCUT2D eigenvalue weighted by molar-refractivity contribution is -0.140. The zero-order valence-electron chi connectivity index (χ0n) is 10.2. The summed E-state index contributed by atoms with van der Waals surface area (Å²) in [6.45, 7) is 3.37. The molecule has 0 spiro atoms. The third kappa shape index (κ3) is 10.1. The van der Waals surface area contributed by atoms with Gasteiger partial charge in [0.05, 0.1) is 19.6 Å². The second-order valence-electron chi connectivity index (χ2n) is 4.03. The minimum Gasteiger partial charge on any atom is -0.383 e. The fourth-order valence-corrected chi connectivity index (χ4v) is 1.30. The molecule has 0 heterocycles. The van der Waals surface area contributed by atoms with Crippen molar-refractivity contribution in [3.8, 4) is 0 Å². The van der Waals surface area contributed by atoms with Gasteiger partial charge in [-0.3, -0.25) is 4.79 Å². The first-order valence-electron chi connectivity index (χ1n) is 5.33. The van der Waals surface area contributed by atoms with E-state index in [1.165, 1.54) is 14.0 Å². The summed E-state index contributed by atoms with van der Waals surface area (Å²) < 4.78 is 40.8. The molecular weight excluding hydrogens is 237 g/mol. The van der Waals surface area contributed by atoms with Crippen LogP contribution in [-0.2, 0) is 9.53 Å². The van der Waals surface area contributed by atoms with Crippen LogP contribution in [0, 0.1) is 0 Å². The monoisotopic (exact) mass is 256 g/mol. The van der Waals surface area contributed by atoms with Gasteiger partial charge >= 0.3 is 6.18 Å². The number of alkyl halides is 3. The van der Waals surface area contributed by atoms with E-state index in [-0.39, 0.29) is 18.5 Å². The third-order valence-electron chi connectivity index (χ3n) is 1.97. The number of amides is 1. The number of hydrogen-bond acceptors (Lipinski definition) is 3. The van der Waals surface area contributed by atoms with Crippen molar-refractivity contribution in [3.05, 3.63) is 0 Å². The van der Waals surface area contributed by atoms with Crippen molar-refractivity contribution < 1.29 is 22.7 Å². The molecule has 0 radical (unpaired) electrons. The Labute approximate surface area is 98.9 Å². The van der Waals surface area contributed by atoms with Gasteiger partial charge in [0, 0.05) is 19.2 Å². The number of halogens is 3. The lowest BCUT2D eigenvalue weighted by Gasteiger charge is -2.17. The Morgan fingerprint density at radius 1 is 1.29 bits per heavy atom. The van der Waals surface area contributed by atoms with Crippen molar-refractivity contribution in [3.63, 3.8) is 0 Å². The van der Waals surface area contributed by atoms with E-state index in [1.807, 2.05) is 0 Å².